The van der Waals surface area contributed by atoms with Gasteiger partial charge >= 0.3 is 0 Å². The molecule has 7 nitrogen and oxygen atoms in total. The summed E-state index contributed by atoms with van der Waals surface area (Å²) in [5.41, 5.74) is 1.03. The van der Waals surface area contributed by atoms with Crippen molar-refractivity contribution in [3.05, 3.63) is 47.9 Å². The zero-order valence-corrected chi connectivity index (χ0v) is 17.8. The first kappa shape index (κ1) is 20.1. The Kier molecular flexibility index (Phi) is 5.25. The van der Waals surface area contributed by atoms with Crippen LogP contribution < -0.4 is 0 Å². The van der Waals surface area contributed by atoms with E-state index >= 15 is 0 Å². The van der Waals surface area contributed by atoms with Crippen molar-refractivity contribution in [2.75, 3.05) is 26.2 Å². The van der Waals surface area contributed by atoms with Gasteiger partial charge in [-0.25, -0.2) is 13.4 Å². The Morgan fingerprint density at radius 1 is 1.24 bits per heavy atom. The summed E-state index contributed by atoms with van der Waals surface area (Å²) < 4.78 is 28.0. The third kappa shape index (κ3) is 3.71. The van der Waals surface area contributed by atoms with E-state index in [4.69, 9.17) is 0 Å². The third-order valence-corrected chi connectivity index (χ3v) is 8.21. The van der Waals surface area contributed by atoms with Crippen LogP contribution in [0.4, 0.5) is 0 Å². The number of nitrogens with zero attached hydrogens (tertiary/aromatic N) is 3. The lowest BCUT2D eigenvalue weighted by Gasteiger charge is -2.29. The van der Waals surface area contributed by atoms with Gasteiger partial charge in [0.1, 0.15) is 5.82 Å². The number of amides is 1. The van der Waals surface area contributed by atoms with Gasteiger partial charge in [0.25, 0.3) is 10.0 Å². The second-order valence-corrected chi connectivity index (χ2v) is 10.2. The number of sulfonamides is 1. The zero-order valence-electron chi connectivity index (χ0n) is 17.0. The molecule has 0 radical (unpaired) electrons. The van der Waals surface area contributed by atoms with Crippen molar-refractivity contribution >= 4 is 15.9 Å². The summed E-state index contributed by atoms with van der Waals surface area (Å²) in [6, 6.07) is 10.2. The molecule has 1 aromatic heterocycles. The summed E-state index contributed by atoms with van der Waals surface area (Å²) in [6.45, 7) is 5.66. The van der Waals surface area contributed by atoms with Gasteiger partial charge in [0, 0.05) is 44.9 Å². The highest BCUT2D eigenvalue weighted by atomic mass is 32.2. The molecule has 2 unspecified atom stereocenters. The van der Waals surface area contributed by atoms with Crippen LogP contribution in [0.5, 0.6) is 0 Å². The number of rotatable bonds is 6. The summed E-state index contributed by atoms with van der Waals surface area (Å²) >= 11 is 0. The molecular weight excluding hydrogens is 388 g/mol. The average Bonchev–Trinajstić information content (AvgIpc) is 3.40. The molecule has 8 heteroatoms. The maximum absolute atomic E-state index is 13.2. The highest BCUT2D eigenvalue weighted by Gasteiger charge is 2.55. The topological polar surface area (TPSA) is 86.4 Å². The van der Waals surface area contributed by atoms with E-state index in [1.165, 1.54) is 11.8 Å². The SMILES string of the molecule is CCc1ncc(S(=O)(=O)N2CC3CN(C(C)=O)CC3(CCc3ccccc3)C2)[nH]1. The number of hydrogen-bond acceptors (Lipinski definition) is 4. The van der Waals surface area contributed by atoms with Gasteiger partial charge < -0.3 is 9.88 Å². The lowest BCUT2D eigenvalue weighted by molar-refractivity contribution is -0.128. The number of H-pyrrole nitrogens is 1. The van der Waals surface area contributed by atoms with Gasteiger partial charge in [-0.15, -0.1) is 0 Å². The normalized spacial score (nSPS) is 24.8. The number of imidazole rings is 1. The first-order valence-corrected chi connectivity index (χ1v) is 11.6. The van der Waals surface area contributed by atoms with Crippen LogP contribution in [0.3, 0.4) is 0 Å². The zero-order chi connectivity index (χ0) is 20.6. The summed E-state index contributed by atoms with van der Waals surface area (Å²) in [4.78, 5) is 21.0. The smallest absolute Gasteiger partial charge is 0.260 e. The number of hydrogen-bond donors (Lipinski definition) is 1. The minimum atomic E-state index is -3.62. The molecule has 4 rings (SSSR count). The van der Waals surface area contributed by atoms with E-state index in [-0.39, 0.29) is 22.3 Å². The van der Waals surface area contributed by atoms with Crippen molar-refractivity contribution in [3.63, 3.8) is 0 Å². The number of fused-ring (bicyclic) bond motifs is 1. The Bertz CT molecular complexity index is 988. The Morgan fingerprint density at radius 2 is 2.00 bits per heavy atom. The number of carbonyl (C=O) groups is 1. The van der Waals surface area contributed by atoms with Gasteiger partial charge in [0.05, 0.1) is 6.20 Å². The molecule has 3 heterocycles. The van der Waals surface area contributed by atoms with Crippen molar-refractivity contribution in [2.24, 2.45) is 11.3 Å². The molecule has 156 valence electrons. The Balaban J connectivity index is 1.57. The number of aromatic nitrogens is 2. The quantitative estimate of drug-likeness (QED) is 0.781. The number of likely N-dealkylation sites (tertiary alicyclic amines) is 1. The van der Waals surface area contributed by atoms with E-state index in [0.29, 0.717) is 38.4 Å². The molecule has 2 saturated heterocycles. The van der Waals surface area contributed by atoms with E-state index in [1.54, 1.807) is 11.2 Å². The van der Waals surface area contributed by atoms with E-state index in [9.17, 15) is 13.2 Å². The van der Waals surface area contributed by atoms with Gasteiger partial charge in [0.2, 0.25) is 5.91 Å². The standard InChI is InChI=1S/C21H28N4O3S/c1-3-19-22-11-20(23-19)29(27,28)25-13-18-12-24(16(2)26)14-21(18,15-25)10-9-17-7-5-4-6-8-17/h4-8,11,18H,3,9-10,12-15H2,1-2H3,(H,22,23). The van der Waals surface area contributed by atoms with Crippen LogP contribution in [-0.4, -0.2) is 59.7 Å². The van der Waals surface area contributed by atoms with Crippen molar-refractivity contribution in [2.45, 2.75) is 38.1 Å². The molecule has 0 saturated carbocycles. The fourth-order valence-electron chi connectivity index (χ4n) is 4.74. The average molecular weight is 417 g/mol. The number of benzene rings is 1. The molecule has 0 bridgehead atoms. The molecule has 2 atom stereocenters. The third-order valence-electron chi connectivity index (χ3n) is 6.49. The number of aryl methyl sites for hydroxylation is 2. The summed E-state index contributed by atoms with van der Waals surface area (Å²) in [7, 11) is -3.62. The second kappa shape index (κ2) is 7.57. The molecule has 0 aliphatic carbocycles. The van der Waals surface area contributed by atoms with Gasteiger partial charge in [-0.2, -0.15) is 4.31 Å². The Hall–Kier alpha value is -2.19. The van der Waals surface area contributed by atoms with Gasteiger partial charge in [-0.3, -0.25) is 4.79 Å². The van der Waals surface area contributed by atoms with Crippen molar-refractivity contribution in [1.82, 2.24) is 19.2 Å². The Labute approximate surface area is 172 Å². The van der Waals surface area contributed by atoms with Crippen LogP contribution in [0.2, 0.25) is 0 Å². The lowest BCUT2D eigenvalue weighted by atomic mass is 9.76. The molecule has 1 amide bonds. The minimum Gasteiger partial charge on any atom is -0.342 e. The van der Waals surface area contributed by atoms with Gasteiger partial charge in [-0.1, -0.05) is 37.3 Å². The van der Waals surface area contributed by atoms with Crippen molar-refractivity contribution < 1.29 is 13.2 Å². The molecule has 0 spiro atoms. The molecular formula is C21H28N4O3S. The number of aromatic amines is 1. The predicted octanol–water partition coefficient (Wildman–Crippen LogP) is 2.07. The molecule has 29 heavy (non-hydrogen) atoms. The molecule has 2 aliphatic rings. The van der Waals surface area contributed by atoms with Crippen LogP contribution in [0.15, 0.2) is 41.6 Å². The first-order valence-electron chi connectivity index (χ1n) is 10.2. The highest BCUT2D eigenvalue weighted by molar-refractivity contribution is 7.89. The lowest BCUT2D eigenvalue weighted by Crippen LogP contribution is -2.38. The van der Waals surface area contributed by atoms with E-state index in [1.807, 2.05) is 30.0 Å². The van der Waals surface area contributed by atoms with Crippen LogP contribution in [-0.2, 0) is 27.7 Å². The van der Waals surface area contributed by atoms with Crippen LogP contribution in [0.1, 0.15) is 31.7 Å². The van der Waals surface area contributed by atoms with Gasteiger partial charge in [0.15, 0.2) is 5.03 Å². The molecule has 2 aliphatic heterocycles. The maximum Gasteiger partial charge on any atom is 0.260 e. The minimum absolute atomic E-state index is 0.0639. The molecule has 2 aromatic rings. The second-order valence-electron chi connectivity index (χ2n) is 8.29. The summed E-state index contributed by atoms with van der Waals surface area (Å²) in [6.07, 6.45) is 3.81. The van der Waals surface area contributed by atoms with Crippen molar-refractivity contribution in [1.29, 1.82) is 0 Å². The van der Waals surface area contributed by atoms with Crippen LogP contribution in [0.25, 0.3) is 0 Å². The number of carbonyl (C=O) groups excluding carboxylic acids is 1. The fourth-order valence-corrected chi connectivity index (χ4v) is 6.26. The molecule has 1 aromatic carbocycles. The van der Waals surface area contributed by atoms with E-state index in [2.05, 4.69) is 22.1 Å². The van der Waals surface area contributed by atoms with Crippen LogP contribution in [0, 0.1) is 11.3 Å². The van der Waals surface area contributed by atoms with Crippen molar-refractivity contribution in [3.8, 4) is 0 Å². The maximum atomic E-state index is 13.2. The van der Waals surface area contributed by atoms with E-state index < -0.39 is 10.0 Å². The largest absolute Gasteiger partial charge is 0.342 e. The summed E-state index contributed by atoms with van der Waals surface area (Å²) in [5, 5.41) is 0.163. The molecule has 1 N–H and O–H groups in total. The molecule has 2 fully saturated rings. The van der Waals surface area contributed by atoms with E-state index in [0.717, 1.165) is 12.8 Å². The van der Waals surface area contributed by atoms with Crippen LogP contribution >= 0.6 is 0 Å². The predicted molar refractivity (Wildman–Crippen MR) is 110 cm³/mol. The monoisotopic (exact) mass is 416 g/mol. The first-order chi connectivity index (χ1) is 13.8. The fraction of sp³-hybridized carbons (Fsp3) is 0.524. The van der Waals surface area contributed by atoms with Gasteiger partial charge in [-0.05, 0) is 24.3 Å². The Morgan fingerprint density at radius 3 is 2.66 bits per heavy atom. The highest BCUT2D eigenvalue weighted by Crippen LogP contribution is 2.47. The summed E-state index contributed by atoms with van der Waals surface area (Å²) in [5.74, 6) is 0.886. The number of nitrogens with one attached hydrogen (secondary N) is 1.